The summed E-state index contributed by atoms with van der Waals surface area (Å²) >= 11 is 0. The molecule has 0 spiro atoms. The van der Waals surface area contributed by atoms with E-state index in [1.165, 1.54) is 18.6 Å². The Morgan fingerprint density at radius 2 is 1.90 bits per heavy atom. The quantitative estimate of drug-likeness (QED) is 0.634. The minimum atomic E-state index is -2.13. The highest BCUT2D eigenvalue weighted by Crippen LogP contribution is 2.22. The molecule has 1 heterocycles. The number of nitrogens with two attached hydrogens (primary N) is 1. The maximum Gasteiger partial charge on any atom is 0.344 e. The molecule has 1 rings (SSSR count). The summed E-state index contributed by atoms with van der Waals surface area (Å²) in [7, 11) is 0. The van der Waals surface area contributed by atoms with Crippen LogP contribution in [0.1, 0.15) is 33.4 Å². The van der Waals surface area contributed by atoms with Gasteiger partial charge >= 0.3 is 11.9 Å². The molecule has 20 heavy (non-hydrogen) atoms. The van der Waals surface area contributed by atoms with Crippen LogP contribution < -0.4 is 5.73 Å². The smallest absolute Gasteiger partial charge is 0.344 e. The Balaban J connectivity index is 3.21. The van der Waals surface area contributed by atoms with Crippen molar-refractivity contribution in [2.75, 3.05) is 6.61 Å². The average molecular weight is 281 g/mol. The molecule has 0 saturated carbocycles. The van der Waals surface area contributed by atoms with Gasteiger partial charge in [-0.3, -0.25) is 9.97 Å². The van der Waals surface area contributed by atoms with E-state index in [1.807, 2.05) is 0 Å². The Hall–Kier alpha value is -2.02. The van der Waals surface area contributed by atoms with Gasteiger partial charge in [0.05, 0.1) is 12.8 Å². The van der Waals surface area contributed by atoms with E-state index < -0.39 is 23.1 Å². The van der Waals surface area contributed by atoms with Crippen LogP contribution in [0.5, 0.6) is 0 Å². The first-order valence-electron chi connectivity index (χ1n) is 6.18. The molecule has 0 fully saturated rings. The first-order valence-corrected chi connectivity index (χ1v) is 6.18. The van der Waals surface area contributed by atoms with Crippen molar-refractivity contribution in [3.05, 3.63) is 24.3 Å². The molecule has 0 aromatic carbocycles. The molecule has 0 radical (unpaired) electrons. The summed E-state index contributed by atoms with van der Waals surface area (Å²) in [5.74, 6) is -1.85. The second kappa shape index (κ2) is 5.96. The van der Waals surface area contributed by atoms with Crippen molar-refractivity contribution in [1.29, 1.82) is 0 Å². The molecular formula is C13H19N3O4. The third kappa shape index (κ3) is 3.51. The molecule has 1 aromatic rings. The van der Waals surface area contributed by atoms with Gasteiger partial charge in [0.1, 0.15) is 11.3 Å². The lowest BCUT2D eigenvalue weighted by Crippen LogP contribution is -2.55. The summed E-state index contributed by atoms with van der Waals surface area (Å²) in [6.07, 6.45) is 3.98. The lowest BCUT2D eigenvalue weighted by Gasteiger charge is -2.28. The number of carbonyl (C=O) groups excluding carboxylic acids is 2. The van der Waals surface area contributed by atoms with E-state index >= 15 is 0 Å². The summed E-state index contributed by atoms with van der Waals surface area (Å²) in [4.78, 5) is 32.1. The highest BCUT2D eigenvalue weighted by Gasteiger charge is 2.50. The van der Waals surface area contributed by atoms with Crippen LogP contribution >= 0.6 is 0 Å². The van der Waals surface area contributed by atoms with Crippen LogP contribution in [0.15, 0.2) is 18.6 Å². The van der Waals surface area contributed by atoms with Crippen molar-refractivity contribution in [2.24, 2.45) is 5.73 Å². The zero-order chi connectivity index (χ0) is 15.4. The van der Waals surface area contributed by atoms with Gasteiger partial charge in [-0.1, -0.05) is 0 Å². The van der Waals surface area contributed by atoms with Gasteiger partial charge in [-0.2, -0.15) is 0 Å². The Labute approximate surface area is 117 Å². The number of hydrogen-bond donors (Lipinski definition) is 1. The van der Waals surface area contributed by atoms with Gasteiger partial charge in [-0.25, -0.2) is 9.59 Å². The standard InChI is InChI=1S/C13H19N3O4/c1-5-19-10(17)13(14,9-8-15-6-7-16-9)11(18)20-12(2,3)4/h6-8H,5,14H2,1-4H3. The minimum absolute atomic E-state index is 0.0206. The molecule has 0 amide bonds. The van der Waals surface area contributed by atoms with Crippen LogP contribution in [0.3, 0.4) is 0 Å². The molecule has 0 aliphatic carbocycles. The van der Waals surface area contributed by atoms with Crippen LogP contribution in [-0.2, 0) is 24.6 Å². The number of ether oxygens (including phenoxy) is 2. The number of aromatic nitrogens is 2. The Morgan fingerprint density at radius 3 is 2.35 bits per heavy atom. The monoisotopic (exact) mass is 281 g/mol. The van der Waals surface area contributed by atoms with Crippen molar-refractivity contribution in [1.82, 2.24) is 9.97 Å². The number of esters is 2. The zero-order valence-corrected chi connectivity index (χ0v) is 12.0. The van der Waals surface area contributed by atoms with E-state index in [2.05, 4.69) is 9.97 Å². The van der Waals surface area contributed by atoms with Crippen LogP contribution in [0.25, 0.3) is 0 Å². The largest absolute Gasteiger partial charge is 0.464 e. The van der Waals surface area contributed by atoms with E-state index in [9.17, 15) is 9.59 Å². The average Bonchev–Trinajstić information content (AvgIpc) is 2.37. The van der Waals surface area contributed by atoms with Gasteiger partial charge in [0.25, 0.3) is 5.54 Å². The van der Waals surface area contributed by atoms with Crippen LogP contribution in [-0.4, -0.2) is 34.1 Å². The summed E-state index contributed by atoms with van der Waals surface area (Å²) < 4.78 is 10.1. The topological polar surface area (TPSA) is 104 Å². The number of nitrogens with zero attached hydrogens (tertiary/aromatic N) is 2. The van der Waals surface area contributed by atoms with Crippen molar-refractivity contribution < 1.29 is 19.1 Å². The highest BCUT2D eigenvalue weighted by atomic mass is 16.6. The van der Waals surface area contributed by atoms with Gasteiger partial charge in [-0.05, 0) is 27.7 Å². The lowest BCUT2D eigenvalue weighted by atomic mass is 9.96. The van der Waals surface area contributed by atoms with Gasteiger partial charge in [0, 0.05) is 12.4 Å². The lowest BCUT2D eigenvalue weighted by molar-refractivity contribution is -0.172. The van der Waals surface area contributed by atoms with Gasteiger partial charge < -0.3 is 15.2 Å². The van der Waals surface area contributed by atoms with E-state index in [1.54, 1.807) is 27.7 Å². The van der Waals surface area contributed by atoms with Gasteiger partial charge in [0.2, 0.25) is 0 Å². The van der Waals surface area contributed by atoms with Crippen LogP contribution in [0, 0.1) is 0 Å². The van der Waals surface area contributed by atoms with Crippen molar-refractivity contribution in [2.45, 2.75) is 38.8 Å². The maximum absolute atomic E-state index is 12.3. The highest BCUT2D eigenvalue weighted by molar-refractivity contribution is 6.05. The number of hydrogen-bond acceptors (Lipinski definition) is 7. The Kier molecular flexibility index (Phi) is 4.78. The molecular weight excluding hydrogens is 262 g/mol. The summed E-state index contributed by atoms with van der Waals surface area (Å²) in [6, 6.07) is 0. The molecule has 1 atom stereocenters. The molecule has 0 bridgehead atoms. The molecule has 1 unspecified atom stereocenters. The first kappa shape index (κ1) is 16.0. The molecule has 7 nitrogen and oxygen atoms in total. The molecule has 0 aliphatic heterocycles. The van der Waals surface area contributed by atoms with Crippen LogP contribution in [0.4, 0.5) is 0 Å². The zero-order valence-electron chi connectivity index (χ0n) is 12.0. The van der Waals surface area contributed by atoms with Gasteiger partial charge in [-0.15, -0.1) is 0 Å². The van der Waals surface area contributed by atoms with Crippen LogP contribution in [0.2, 0.25) is 0 Å². The molecule has 0 aliphatic rings. The predicted molar refractivity (Wildman–Crippen MR) is 70.4 cm³/mol. The summed E-state index contributed by atoms with van der Waals surface area (Å²) in [5, 5.41) is 0. The van der Waals surface area contributed by atoms with Crippen molar-refractivity contribution >= 4 is 11.9 Å². The SMILES string of the molecule is CCOC(=O)C(N)(C(=O)OC(C)(C)C)c1cnccn1. The van der Waals surface area contributed by atoms with E-state index in [-0.39, 0.29) is 12.3 Å². The maximum atomic E-state index is 12.3. The third-order valence-electron chi connectivity index (χ3n) is 2.29. The van der Waals surface area contributed by atoms with Gasteiger partial charge in [0.15, 0.2) is 0 Å². The molecule has 2 N–H and O–H groups in total. The second-order valence-corrected chi connectivity index (χ2v) is 5.12. The van der Waals surface area contributed by atoms with Crippen molar-refractivity contribution in [3.8, 4) is 0 Å². The Morgan fingerprint density at radius 1 is 1.25 bits per heavy atom. The Bertz CT molecular complexity index is 484. The fourth-order valence-corrected chi connectivity index (χ4v) is 1.40. The number of rotatable bonds is 4. The predicted octanol–water partition coefficient (Wildman–Crippen LogP) is 0.535. The fraction of sp³-hybridized carbons (Fsp3) is 0.538. The normalized spacial score (nSPS) is 14.2. The minimum Gasteiger partial charge on any atom is -0.464 e. The van der Waals surface area contributed by atoms with Crippen molar-refractivity contribution in [3.63, 3.8) is 0 Å². The molecule has 1 aromatic heterocycles. The summed E-state index contributed by atoms with van der Waals surface area (Å²) in [6.45, 7) is 6.72. The first-order chi connectivity index (χ1) is 9.21. The van der Waals surface area contributed by atoms with E-state index in [0.717, 1.165) is 0 Å². The van der Waals surface area contributed by atoms with E-state index in [4.69, 9.17) is 15.2 Å². The summed E-state index contributed by atoms with van der Waals surface area (Å²) in [5.41, 5.74) is 3.00. The number of carbonyl (C=O) groups is 2. The molecule has 0 saturated heterocycles. The molecule has 7 heteroatoms. The fourth-order valence-electron chi connectivity index (χ4n) is 1.40. The molecule has 110 valence electrons. The van der Waals surface area contributed by atoms with E-state index in [0.29, 0.717) is 0 Å². The third-order valence-corrected chi connectivity index (χ3v) is 2.29. The second-order valence-electron chi connectivity index (χ2n) is 5.12.